The molecule has 176 valence electrons. The molecule has 1 saturated heterocycles. The van der Waals surface area contributed by atoms with Crippen LogP contribution in [0.4, 0.5) is 18.0 Å². The van der Waals surface area contributed by atoms with Crippen LogP contribution >= 0.6 is 0 Å². The third-order valence-electron chi connectivity index (χ3n) is 6.03. The molecule has 1 aromatic carbocycles. The molecule has 2 aliphatic rings. The summed E-state index contributed by atoms with van der Waals surface area (Å²) in [6.45, 7) is 6.48. The van der Waals surface area contributed by atoms with Gasteiger partial charge >= 0.3 is 12.3 Å². The zero-order chi connectivity index (χ0) is 24.5. The van der Waals surface area contributed by atoms with Gasteiger partial charge in [-0.1, -0.05) is 0 Å². The molecule has 3 heterocycles. The fraction of sp³-hybridized carbons (Fsp3) is 0.455. The van der Waals surface area contributed by atoms with Crippen molar-refractivity contribution in [2.45, 2.75) is 63.7 Å². The highest BCUT2D eigenvalue weighted by Crippen LogP contribution is 2.65. The Morgan fingerprint density at radius 2 is 1.91 bits per heavy atom. The van der Waals surface area contributed by atoms with Crippen molar-refractivity contribution in [2.75, 3.05) is 0 Å². The number of carbonyl (C=O) groups is 1. The summed E-state index contributed by atoms with van der Waals surface area (Å²) >= 11 is 0. The number of aromatic nitrogens is 1. The predicted octanol–water partition coefficient (Wildman–Crippen LogP) is 4.57. The van der Waals surface area contributed by atoms with E-state index in [9.17, 15) is 28.2 Å². The third-order valence-corrected chi connectivity index (χ3v) is 6.03. The number of aromatic hydroxyl groups is 2. The van der Waals surface area contributed by atoms with Gasteiger partial charge in [0.15, 0.2) is 0 Å². The highest BCUT2D eigenvalue weighted by atomic mass is 19.4. The Morgan fingerprint density at radius 3 is 2.48 bits per heavy atom. The second kappa shape index (κ2) is 7.05. The molecule has 2 N–H and O–H groups in total. The molecule has 0 spiro atoms. The number of hydrogen-bond donors (Lipinski definition) is 2. The van der Waals surface area contributed by atoms with Gasteiger partial charge < -0.3 is 24.4 Å². The maximum absolute atomic E-state index is 13.4. The molecule has 2 bridgehead atoms. The molecule has 8 nitrogen and oxygen atoms in total. The highest BCUT2D eigenvalue weighted by Gasteiger charge is 2.66. The van der Waals surface area contributed by atoms with Crippen LogP contribution in [0.25, 0.3) is 5.69 Å². The van der Waals surface area contributed by atoms with Crippen LogP contribution in [0.3, 0.4) is 0 Å². The number of nitrogens with zero attached hydrogens (tertiary/aromatic N) is 2. The second-order valence-corrected chi connectivity index (χ2v) is 8.74. The quantitative estimate of drug-likeness (QED) is 0.637. The first-order chi connectivity index (χ1) is 15.2. The molecule has 4 rings (SSSR count). The largest absolute Gasteiger partial charge is 0.508 e. The van der Waals surface area contributed by atoms with Crippen molar-refractivity contribution in [3.8, 4) is 23.5 Å². The maximum atomic E-state index is 13.4. The van der Waals surface area contributed by atoms with Gasteiger partial charge in [0.25, 0.3) is 0 Å². The zero-order valence-electron chi connectivity index (χ0n) is 18.1. The van der Waals surface area contributed by atoms with Crippen LogP contribution in [0.15, 0.2) is 18.2 Å². The molecule has 0 unspecified atom stereocenters. The van der Waals surface area contributed by atoms with E-state index in [1.165, 1.54) is 12.1 Å². The summed E-state index contributed by atoms with van der Waals surface area (Å²) in [5.74, 6) is -1.06. The average Bonchev–Trinajstić information content (AvgIpc) is 3.21. The van der Waals surface area contributed by atoms with E-state index in [0.29, 0.717) is 6.07 Å². The van der Waals surface area contributed by atoms with E-state index in [0.717, 1.165) is 10.6 Å². The van der Waals surface area contributed by atoms with Crippen LogP contribution in [0.1, 0.15) is 56.4 Å². The molecule has 11 heteroatoms. The lowest BCUT2D eigenvalue weighted by molar-refractivity contribution is -0.137. The van der Waals surface area contributed by atoms with Gasteiger partial charge in [-0.15, -0.1) is 0 Å². The first-order valence-corrected chi connectivity index (χ1v) is 10.1. The topological polar surface area (TPSA) is 114 Å². The van der Waals surface area contributed by atoms with Gasteiger partial charge in [0, 0.05) is 6.42 Å². The standard InChI is InChI=1S/C22H21F3N2O6/c1-10(2)31-19(30)32-14-8-20(3)15-16(21(14,4)33-20)18(29)27(17(15)28)12-6-5-11(9-26)13(7-12)22(23,24)25/h5-7,10,14,28-29H,8H2,1-4H3/t14-,20+,21-/m1/s1. The van der Waals surface area contributed by atoms with E-state index in [1.54, 1.807) is 27.7 Å². The maximum Gasteiger partial charge on any atom is 0.508 e. The minimum atomic E-state index is -4.82. The van der Waals surface area contributed by atoms with Gasteiger partial charge in [-0.05, 0) is 45.9 Å². The Hall–Kier alpha value is -3.39. The fourth-order valence-corrected chi connectivity index (χ4v) is 4.75. The van der Waals surface area contributed by atoms with Gasteiger partial charge in [0.05, 0.1) is 40.1 Å². The lowest BCUT2D eigenvalue weighted by atomic mass is 9.78. The predicted molar refractivity (Wildman–Crippen MR) is 106 cm³/mol. The van der Waals surface area contributed by atoms with Crippen LogP contribution in [-0.4, -0.2) is 33.1 Å². The molecule has 0 radical (unpaired) electrons. The summed E-state index contributed by atoms with van der Waals surface area (Å²) in [6.07, 6.45) is -6.93. The molecule has 2 aliphatic heterocycles. The minimum absolute atomic E-state index is 0.106. The van der Waals surface area contributed by atoms with Crippen molar-refractivity contribution in [3.63, 3.8) is 0 Å². The smallest absolute Gasteiger partial charge is 0.494 e. The van der Waals surface area contributed by atoms with E-state index in [2.05, 4.69) is 0 Å². The number of fused-ring (bicyclic) bond motifs is 5. The number of rotatable bonds is 3. The van der Waals surface area contributed by atoms with Gasteiger partial charge in [-0.25, -0.2) is 4.79 Å². The summed E-state index contributed by atoms with van der Waals surface area (Å²) in [5, 5.41) is 31.0. The first-order valence-electron chi connectivity index (χ1n) is 10.1. The van der Waals surface area contributed by atoms with Crippen molar-refractivity contribution in [1.82, 2.24) is 4.57 Å². The Labute approximate surface area is 186 Å². The van der Waals surface area contributed by atoms with Gasteiger partial charge in [0.1, 0.15) is 17.3 Å². The number of nitriles is 1. The van der Waals surface area contributed by atoms with Crippen molar-refractivity contribution in [3.05, 3.63) is 40.5 Å². The molecular weight excluding hydrogens is 445 g/mol. The Balaban J connectivity index is 1.82. The summed E-state index contributed by atoms with van der Waals surface area (Å²) in [4.78, 5) is 12.1. The summed E-state index contributed by atoms with van der Waals surface area (Å²) in [6, 6.07) is 4.31. The van der Waals surface area contributed by atoms with Crippen molar-refractivity contribution in [1.29, 1.82) is 5.26 Å². The average molecular weight is 466 g/mol. The number of hydrogen-bond acceptors (Lipinski definition) is 7. The second-order valence-electron chi connectivity index (χ2n) is 8.74. The zero-order valence-corrected chi connectivity index (χ0v) is 18.1. The van der Waals surface area contributed by atoms with Crippen molar-refractivity contribution in [2.24, 2.45) is 0 Å². The molecule has 1 aromatic heterocycles. The van der Waals surface area contributed by atoms with Gasteiger partial charge in [-0.2, -0.15) is 18.4 Å². The van der Waals surface area contributed by atoms with Gasteiger partial charge in [-0.3, -0.25) is 4.57 Å². The van der Waals surface area contributed by atoms with E-state index >= 15 is 0 Å². The minimum Gasteiger partial charge on any atom is -0.494 e. The van der Waals surface area contributed by atoms with Crippen LogP contribution in [-0.2, 0) is 31.6 Å². The Bertz CT molecular complexity index is 1200. The Kier molecular flexibility index (Phi) is 4.87. The number of ether oxygens (including phenoxy) is 3. The summed E-state index contributed by atoms with van der Waals surface area (Å²) < 4.78 is 57.7. The normalized spacial score (nSPS) is 25.7. The van der Waals surface area contributed by atoms with Crippen molar-refractivity contribution < 1.29 is 42.4 Å². The highest BCUT2D eigenvalue weighted by molar-refractivity contribution is 5.64. The van der Waals surface area contributed by atoms with Crippen molar-refractivity contribution >= 4 is 6.16 Å². The molecule has 0 saturated carbocycles. The molecule has 0 aliphatic carbocycles. The SMILES string of the molecule is CC(C)OC(=O)O[C@@H]1C[C@]2(C)O[C@@]1(C)c1c2c(O)n(-c2ccc(C#N)c(C(F)(F)F)c2)c1O. The molecule has 0 amide bonds. The third kappa shape index (κ3) is 3.28. The van der Waals surface area contributed by atoms with Crippen LogP contribution in [0.2, 0.25) is 0 Å². The Morgan fingerprint density at radius 1 is 1.27 bits per heavy atom. The van der Waals surface area contributed by atoms with Gasteiger partial charge in [0.2, 0.25) is 11.8 Å². The number of benzene rings is 1. The lowest BCUT2D eigenvalue weighted by Gasteiger charge is -2.29. The number of alkyl halides is 3. The van der Waals surface area contributed by atoms with Crippen LogP contribution in [0, 0.1) is 11.3 Å². The number of carbonyl (C=O) groups excluding carboxylic acids is 1. The molecule has 33 heavy (non-hydrogen) atoms. The van der Waals surface area contributed by atoms with E-state index < -0.39 is 58.6 Å². The van der Waals surface area contributed by atoms with E-state index in [-0.39, 0.29) is 23.2 Å². The molecular formula is C22H21F3N2O6. The molecule has 3 atom stereocenters. The monoisotopic (exact) mass is 466 g/mol. The molecule has 1 fully saturated rings. The van der Waals surface area contributed by atoms with Crippen LogP contribution in [0.5, 0.6) is 11.8 Å². The summed E-state index contributed by atoms with van der Waals surface area (Å²) in [5.41, 5.74) is -4.26. The fourth-order valence-electron chi connectivity index (χ4n) is 4.75. The van der Waals surface area contributed by atoms with Crippen LogP contribution < -0.4 is 0 Å². The van der Waals surface area contributed by atoms with E-state index in [1.807, 2.05) is 0 Å². The molecule has 2 aromatic rings. The summed E-state index contributed by atoms with van der Waals surface area (Å²) in [7, 11) is 0. The van der Waals surface area contributed by atoms with E-state index in [4.69, 9.17) is 19.5 Å². The first kappa shape index (κ1) is 22.8. The lowest BCUT2D eigenvalue weighted by Crippen LogP contribution is -2.37. The number of halogens is 3.